The summed E-state index contributed by atoms with van der Waals surface area (Å²) in [6.07, 6.45) is 3.86. The Kier molecular flexibility index (Phi) is 2.53. The number of rotatable bonds is 3. The van der Waals surface area contributed by atoms with Crippen LogP contribution in [0.5, 0.6) is 5.75 Å². The first kappa shape index (κ1) is 8.61. The van der Waals surface area contributed by atoms with E-state index in [2.05, 4.69) is 25.1 Å². The molecule has 1 atom stereocenters. The van der Waals surface area contributed by atoms with Crippen molar-refractivity contribution in [3.05, 3.63) is 29.8 Å². The van der Waals surface area contributed by atoms with Gasteiger partial charge >= 0.3 is 0 Å². The molecule has 0 fully saturated rings. The fraction of sp³-hybridized carbons (Fsp3) is 0.500. The highest BCUT2D eigenvalue weighted by Gasteiger charge is 2.22. The van der Waals surface area contributed by atoms with E-state index in [1.165, 1.54) is 24.8 Å². The van der Waals surface area contributed by atoms with Crippen LogP contribution in [0, 0.1) is 0 Å². The van der Waals surface area contributed by atoms with Crippen molar-refractivity contribution in [1.82, 2.24) is 0 Å². The molecule has 0 N–H and O–H groups in total. The van der Waals surface area contributed by atoms with Crippen LogP contribution in [0.15, 0.2) is 24.3 Å². The van der Waals surface area contributed by atoms with Gasteiger partial charge in [-0.25, -0.2) is 0 Å². The number of fused-ring (bicyclic) bond motifs is 1. The lowest BCUT2D eigenvalue weighted by Gasteiger charge is -2.06. The van der Waals surface area contributed by atoms with Crippen molar-refractivity contribution in [3.63, 3.8) is 0 Å². The molecule has 1 aliphatic heterocycles. The van der Waals surface area contributed by atoms with Crippen LogP contribution in [0.25, 0.3) is 0 Å². The van der Waals surface area contributed by atoms with E-state index in [0.717, 1.165) is 12.4 Å². The molecule has 70 valence electrons. The van der Waals surface area contributed by atoms with Crippen LogP contribution in [0.3, 0.4) is 0 Å². The summed E-state index contributed by atoms with van der Waals surface area (Å²) in [5, 5.41) is 0. The summed E-state index contributed by atoms with van der Waals surface area (Å²) in [6, 6.07) is 8.41. The molecule has 1 unspecified atom stereocenters. The van der Waals surface area contributed by atoms with Gasteiger partial charge in [-0.15, -0.1) is 0 Å². The second kappa shape index (κ2) is 3.82. The summed E-state index contributed by atoms with van der Waals surface area (Å²) >= 11 is 0. The Morgan fingerprint density at radius 1 is 1.38 bits per heavy atom. The number of hydrogen-bond donors (Lipinski definition) is 0. The Balaban J connectivity index is 2.09. The van der Waals surface area contributed by atoms with Crippen molar-refractivity contribution in [2.75, 3.05) is 6.61 Å². The molecule has 1 aromatic rings. The Hall–Kier alpha value is -0.980. The van der Waals surface area contributed by atoms with E-state index < -0.39 is 0 Å². The summed E-state index contributed by atoms with van der Waals surface area (Å²) in [7, 11) is 0. The van der Waals surface area contributed by atoms with E-state index in [-0.39, 0.29) is 0 Å². The molecular weight excluding hydrogens is 160 g/mol. The van der Waals surface area contributed by atoms with Crippen molar-refractivity contribution >= 4 is 0 Å². The molecule has 0 bridgehead atoms. The standard InChI is InChI=1S/C12H16O/c1-2-3-6-10-9-13-12-8-5-4-7-11(10)12/h4-5,7-8,10H,2-3,6,9H2,1H3. The van der Waals surface area contributed by atoms with E-state index in [9.17, 15) is 0 Å². The molecular formula is C12H16O. The van der Waals surface area contributed by atoms with Crippen molar-refractivity contribution in [3.8, 4) is 5.75 Å². The Labute approximate surface area is 79.7 Å². The van der Waals surface area contributed by atoms with E-state index in [4.69, 9.17) is 4.74 Å². The molecule has 0 aliphatic carbocycles. The van der Waals surface area contributed by atoms with Gasteiger partial charge in [-0.2, -0.15) is 0 Å². The number of para-hydroxylation sites is 1. The first-order valence-electron chi connectivity index (χ1n) is 5.13. The van der Waals surface area contributed by atoms with Gasteiger partial charge in [0.25, 0.3) is 0 Å². The van der Waals surface area contributed by atoms with Gasteiger partial charge in [-0.3, -0.25) is 0 Å². The average molecular weight is 176 g/mol. The normalized spacial score (nSPS) is 19.6. The van der Waals surface area contributed by atoms with E-state index >= 15 is 0 Å². The maximum atomic E-state index is 5.61. The van der Waals surface area contributed by atoms with Gasteiger partial charge in [-0.1, -0.05) is 38.0 Å². The van der Waals surface area contributed by atoms with Crippen molar-refractivity contribution in [2.24, 2.45) is 0 Å². The SMILES string of the molecule is CCCCC1COc2ccccc21. The maximum absolute atomic E-state index is 5.61. The fourth-order valence-corrected chi connectivity index (χ4v) is 1.92. The third-order valence-electron chi connectivity index (χ3n) is 2.70. The first-order valence-corrected chi connectivity index (χ1v) is 5.13. The molecule has 13 heavy (non-hydrogen) atoms. The van der Waals surface area contributed by atoms with E-state index in [1.54, 1.807) is 0 Å². The molecule has 1 heteroatoms. The summed E-state index contributed by atoms with van der Waals surface area (Å²) in [6.45, 7) is 3.13. The van der Waals surface area contributed by atoms with Gasteiger partial charge in [0.1, 0.15) is 5.75 Å². The zero-order valence-electron chi connectivity index (χ0n) is 8.12. The maximum Gasteiger partial charge on any atom is 0.122 e. The minimum atomic E-state index is 0.649. The topological polar surface area (TPSA) is 9.23 Å². The predicted molar refractivity (Wildman–Crippen MR) is 54.2 cm³/mol. The van der Waals surface area contributed by atoms with Gasteiger partial charge in [0.2, 0.25) is 0 Å². The lowest BCUT2D eigenvalue weighted by Crippen LogP contribution is -1.99. The van der Waals surface area contributed by atoms with Crippen LogP contribution >= 0.6 is 0 Å². The molecule has 0 aromatic heterocycles. The van der Waals surface area contributed by atoms with Crippen LogP contribution in [-0.4, -0.2) is 6.61 Å². The highest BCUT2D eigenvalue weighted by atomic mass is 16.5. The summed E-state index contributed by atoms with van der Waals surface area (Å²) in [5.74, 6) is 1.75. The second-order valence-electron chi connectivity index (χ2n) is 3.69. The first-order chi connectivity index (χ1) is 6.42. The molecule has 1 nitrogen and oxygen atoms in total. The zero-order chi connectivity index (χ0) is 9.10. The van der Waals surface area contributed by atoms with Gasteiger partial charge < -0.3 is 4.74 Å². The quantitative estimate of drug-likeness (QED) is 0.686. The van der Waals surface area contributed by atoms with Crippen molar-refractivity contribution in [2.45, 2.75) is 32.1 Å². The molecule has 1 aliphatic rings. The number of hydrogen-bond acceptors (Lipinski definition) is 1. The lowest BCUT2D eigenvalue weighted by molar-refractivity contribution is 0.323. The van der Waals surface area contributed by atoms with Crippen molar-refractivity contribution in [1.29, 1.82) is 0 Å². The van der Waals surface area contributed by atoms with Gasteiger partial charge in [-0.05, 0) is 12.5 Å². The highest BCUT2D eigenvalue weighted by molar-refractivity contribution is 5.39. The number of unbranched alkanes of at least 4 members (excludes halogenated alkanes) is 1. The molecule has 0 saturated heterocycles. The molecule has 0 radical (unpaired) electrons. The van der Waals surface area contributed by atoms with Gasteiger partial charge in [0.05, 0.1) is 6.61 Å². The molecule has 2 rings (SSSR count). The lowest BCUT2D eigenvalue weighted by atomic mass is 9.96. The molecule has 0 amide bonds. The largest absolute Gasteiger partial charge is 0.493 e. The molecule has 0 spiro atoms. The molecule has 1 heterocycles. The monoisotopic (exact) mass is 176 g/mol. The highest BCUT2D eigenvalue weighted by Crippen LogP contribution is 2.36. The number of ether oxygens (including phenoxy) is 1. The van der Waals surface area contributed by atoms with Crippen molar-refractivity contribution < 1.29 is 4.74 Å². The van der Waals surface area contributed by atoms with Crippen LogP contribution < -0.4 is 4.74 Å². The minimum Gasteiger partial charge on any atom is -0.493 e. The third-order valence-corrected chi connectivity index (χ3v) is 2.70. The van der Waals surface area contributed by atoms with E-state index in [0.29, 0.717) is 5.92 Å². The summed E-state index contributed by atoms with van der Waals surface area (Å²) in [5.41, 5.74) is 1.41. The Morgan fingerprint density at radius 3 is 3.08 bits per heavy atom. The van der Waals surface area contributed by atoms with E-state index in [1.807, 2.05) is 6.07 Å². The minimum absolute atomic E-state index is 0.649. The van der Waals surface area contributed by atoms with Gasteiger partial charge in [0, 0.05) is 11.5 Å². The average Bonchev–Trinajstić information content (AvgIpc) is 2.58. The summed E-state index contributed by atoms with van der Waals surface area (Å²) < 4.78 is 5.61. The smallest absolute Gasteiger partial charge is 0.122 e. The fourth-order valence-electron chi connectivity index (χ4n) is 1.92. The van der Waals surface area contributed by atoms with Gasteiger partial charge in [0.15, 0.2) is 0 Å². The van der Waals surface area contributed by atoms with Crippen LogP contribution in [0.2, 0.25) is 0 Å². The Bertz CT molecular complexity index is 280. The second-order valence-corrected chi connectivity index (χ2v) is 3.69. The summed E-state index contributed by atoms with van der Waals surface area (Å²) in [4.78, 5) is 0. The molecule has 0 saturated carbocycles. The number of benzene rings is 1. The Morgan fingerprint density at radius 2 is 2.23 bits per heavy atom. The predicted octanol–water partition coefficient (Wildman–Crippen LogP) is 3.35. The third kappa shape index (κ3) is 1.69. The van der Waals surface area contributed by atoms with Crippen LogP contribution in [-0.2, 0) is 0 Å². The molecule has 1 aromatic carbocycles. The van der Waals surface area contributed by atoms with Crippen LogP contribution in [0.4, 0.5) is 0 Å². The zero-order valence-corrected chi connectivity index (χ0v) is 8.12. The van der Waals surface area contributed by atoms with Crippen LogP contribution in [0.1, 0.15) is 37.7 Å².